The minimum absolute atomic E-state index is 0.152. The summed E-state index contributed by atoms with van der Waals surface area (Å²) in [6.45, 7) is 6.14. The van der Waals surface area contributed by atoms with Gasteiger partial charge in [-0.3, -0.25) is 4.79 Å². The van der Waals surface area contributed by atoms with Crippen LogP contribution in [0.2, 0.25) is 10.0 Å². The van der Waals surface area contributed by atoms with Gasteiger partial charge in [-0.2, -0.15) is 9.98 Å². The van der Waals surface area contributed by atoms with Gasteiger partial charge in [-0.05, 0) is 44.9 Å². The summed E-state index contributed by atoms with van der Waals surface area (Å²) >= 11 is 12.1. The Morgan fingerprint density at radius 3 is 2.60 bits per heavy atom. The van der Waals surface area contributed by atoms with Crippen LogP contribution in [0.1, 0.15) is 26.7 Å². The molecule has 3 rings (SSSR count). The molecule has 0 unspecified atom stereocenters. The second-order valence-electron chi connectivity index (χ2n) is 6.41. The number of hydrogen-bond acceptors (Lipinski definition) is 3. The van der Waals surface area contributed by atoms with Crippen LogP contribution in [0.15, 0.2) is 28.2 Å². The highest BCUT2D eigenvalue weighted by molar-refractivity contribution is 6.42. The largest absolute Gasteiger partial charge is 0.342 e. The van der Waals surface area contributed by atoms with Crippen LogP contribution in [0.4, 0.5) is 5.69 Å². The number of aliphatic imine (C=N–C) groups is 2. The van der Waals surface area contributed by atoms with Crippen LogP contribution in [-0.4, -0.2) is 53.3 Å². The number of guanidine groups is 2. The maximum Gasteiger partial charge on any atom is 0.268 e. The summed E-state index contributed by atoms with van der Waals surface area (Å²) in [6, 6.07) is 5.50. The Labute approximate surface area is 157 Å². The molecule has 0 bridgehead atoms. The molecule has 1 saturated heterocycles. The lowest BCUT2D eigenvalue weighted by atomic mass is 10.3. The molecule has 1 aromatic carbocycles. The van der Waals surface area contributed by atoms with Gasteiger partial charge in [0, 0.05) is 24.8 Å². The Hall–Kier alpha value is -1.79. The molecule has 2 heterocycles. The van der Waals surface area contributed by atoms with E-state index in [1.54, 1.807) is 12.1 Å². The lowest BCUT2D eigenvalue weighted by Gasteiger charge is -2.25. The SMILES string of the molecule is CC(C)N1CC(=O)N=C1/N=C(/Nc1ccc(Cl)c(Cl)c1)N1CCCC1. The molecule has 0 aliphatic carbocycles. The molecule has 6 nitrogen and oxygen atoms in total. The van der Waals surface area contributed by atoms with Crippen LogP contribution >= 0.6 is 23.2 Å². The average molecular weight is 382 g/mol. The van der Waals surface area contributed by atoms with Gasteiger partial charge in [0.25, 0.3) is 5.91 Å². The van der Waals surface area contributed by atoms with Crippen LogP contribution in [0.5, 0.6) is 0 Å². The van der Waals surface area contributed by atoms with E-state index in [0.29, 0.717) is 22.0 Å². The van der Waals surface area contributed by atoms with Crippen molar-refractivity contribution >= 4 is 46.7 Å². The Morgan fingerprint density at radius 2 is 1.96 bits per heavy atom. The van der Waals surface area contributed by atoms with E-state index >= 15 is 0 Å². The zero-order valence-electron chi connectivity index (χ0n) is 14.3. The molecule has 1 fully saturated rings. The van der Waals surface area contributed by atoms with Crippen LogP contribution < -0.4 is 5.32 Å². The first kappa shape index (κ1) is 18.0. The molecule has 2 aliphatic rings. The van der Waals surface area contributed by atoms with Crippen LogP contribution in [0, 0.1) is 0 Å². The second kappa shape index (κ2) is 7.62. The monoisotopic (exact) mass is 381 g/mol. The number of rotatable bonds is 2. The van der Waals surface area contributed by atoms with Crippen molar-refractivity contribution in [1.82, 2.24) is 9.80 Å². The van der Waals surface area contributed by atoms with E-state index in [1.807, 2.05) is 24.8 Å². The maximum atomic E-state index is 11.7. The summed E-state index contributed by atoms with van der Waals surface area (Å²) in [4.78, 5) is 24.6. The smallest absolute Gasteiger partial charge is 0.268 e. The highest BCUT2D eigenvalue weighted by atomic mass is 35.5. The number of hydrogen-bond donors (Lipinski definition) is 1. The quantitative estimate of drug-likeness (QED) is 0.629. The Balaban J connectivity index is 1.90. The second-order valence-corrected chi connectivity index (χ2v) is 7.23. The predicted molar refractivity (Wildman–Crippen MR) is 103 cm³/mol. The van der Waals surface area contributed by atoms with Crippen molar-refractivity contribution in [3.8, 4) is 0 Å². The molecule has 0 aromatic heterocycles. The first-order valence-electron chi connectivity index (χ1n) is 8.38. The molecule has 0 saturated carbocycles. The summed E-state index contributed by atoms with van der Waals surface area (Å²) in [6.07, 6.45) is 2.22. The van der Waals surface area contributed by atoms with Crippen molar-refractivity contribution in [1.29, 1.82) is 0 Å². The third-order valence-corrected chi connectivity index (χ3v) is 4.94. The van der Waals surface area contributed by atoms with Gasteiger partial charge < -0.3 is 15.1 Å². The van der Waals surface area contributed by atoms with Crippen LogP contribution in [-0.2, 0) is 4.79 Å². The van der Waals surface area contributed by atoms with Gasteiger partial charge in [0.15, 0.2) is 0 Å². The predicted octanol–water partition coefficient (Wildman–Crippen LogP) is 3.46. The van der Waals surface area contributed by atoms with Crippen molar-refractivity contribution in [3.05, 3.63) is 28.2 Å². The standard InChI is InChI=1S/C17H21Cl2N5O/c1-11(2)24-10-15(25)21-17(24)22-16(23-7-3-4-8-23)20-12-5-6-13(18)14(19)9-12/h5-6,9,11H,3-4,7-8,10H2,1-2H3,(H,20,21,22,25). The average Bonchev–Trinajstić information content (AvgIpc) is 3.20. The normalized spacial score (nSPS) is 18.4. The number of amides is 1. The fourth-order valence-corrected chi connectivity index (χ4v) is 3.13. The molecular formula is C17H21Cl2N5O. The molecule has 134 valence electrons. The van der Waals surface area contributed by atoms with Crippen molar-refractivity contribution in [2.45, 2.75) is 32.7 Å². The van der Waals surface area contributed by atoms with Gasteiger partial charge in [0.1, 0.15) is 6.54 Å². The molecule has 8 heteroatoms. The van der Waals surface area contributed by atoms with E-state index in [9.17, 15) is 4.79 Å². The highest BCUT2D eigenvalue weighted by Crippen LogP contribution is 2.25. The molecule has 1 N–H and O–H groups in total. The van der Waals surface area contributed by atoms with Gasteiger partial charge in [0.2, 0.25) is 11.9 Å². The van der Waals surface area contributed by atoms with Crippen LogP contribution in [0.3, 0.4) is 0 Å². The van der Waals surface area contributed by atoms with Gasteiger partial charge >= 0.3 is 0 Å². The van der Waals surface area contributed by atoms with E-state index in [-0.39, 0.29) is 18.5 Å². The van der Waals surface area contributed by atoms with Gasteiger partial charge in [0.05, 0.1) is 10.0 Å². The molecule has 0 spiro atoms. The van der Waals surface area contributed by atoms with E-state index in [2.05, 4.69) is 20.2 Å². The zero-order chi connectivity index (χ0) is 18.0. The summed E-state index contributed by atoms with van der Waals surface area (Å²) in [5.41, 5.74) is 0.793. The topological polar surface area (TPSA) is 60.3 Å². The fourth-order valence-electron chi connectivity index (χ4n) is 2.83. The highest BCUT2D eigenvalue weighted by Gasteiger charge is 2.27. The third kappa shape index (κ3) is 4.25. The van der Waals surface area contributed by atoms with Gasteiger partial charge in [-0.15, -0.1) is 0 Å². The van der Waals surface area contributed by atoms with Crippen molar-refractivity contribution in [2.24, 2.45) is 9.98 Å². The van der Waals surface area contributed by atoms with E-state index in [0.717, 1.165) is 31.6 Å². The molecule has 1 amide bonds. The van der Waals surface area contributed by atoms with Crippen molar-refractivity contribution in [3.63, 3.8) is 0 Å². The van der Waals surface area contributed by atoms with Gasteiger partial charge in [-0.25, -0.2) is 0 Å². The molecular weight excluding hydrogens is 361 g/mol. The third-order valence-electron chi connectivity index (χ3n) is 4.20. The zero-order valence-corrected chi connectivity index (χ0v) is 15.8. The number of benzene rings is 1. The van der Waals surface area contributed by atoms with Crippen molar-refractivity contribution < 1.29 is 4.79 Å². The lowest BCUT2D eigenvalue weighted by Crippen LogP contribution is -2.39. The summed E-state index contributed by atoms with van der Waals surface area (Å²) < 4.78 is 0. The lowest BCUT2D eigenvalue weighted by molar-refractivity contribution is -0.117. The summed E-state index contributed by atoms with van der Waals surface area (Å²) in [7, 11) is 0. The minimum Gasteiger partial charge on any atom is -0.342 e. The Kier molecular flexibility index (Phi) is 5.49. The van der Waals surface area contributed by atoms with E-state index in [1.165, 1.54) is 0 Å². The number of carbonyl (C=O) groups excluding carboxylic acids is 1. The molecule has 25 heavy (non-hydrogen) atoms. The number of carbonyl (C=O) groups is 1. The van der Waals surface area contributed by atoms with Gasteiger partial charge in [-0.1, -0.05) is 23.2 Å². The molecule has 2 aliphatic heterocycles. The van der Waals surface area contributed by atoms with Crippen LogP contribution in [0.25, 0.3) is 0 Å². The minimum atomic E-state index is -0.164. The van der Waals surface area contributed by atoms with E-state index in [4.69, 9.17) is 23.2 Å². The first-order valence-corrected chi connectivity index (χ1v) is 9.13. The number of anilines is 1. The molecule has 1 aromatic rings. The Bertz CT molecular complexity index is 726. The first-order chi connectivity index (χ1) is 11.9. The number of nitrogens with zero attached hydrogens (tertiary/aromatic N) is 4. The summed E-state index contributed by atoms with van der Waals surface area (Å²) in [5, 5.41) is 4.28. The van der Waals surface area contributed by atoms with E-state index < -0.39 is 0 Å². The number of likely N-dealkylation sites (tertiary alicyclic amines) is 1. The molecule has 0 atom stereocenters. The number of nitrogens with one attached hydrogen (secondary N) is 1. The number of halogens is 2. The summed E-state index contributed by atoms with van der Waals surface area (Å²) in [5.74, 6) is 0.965. The maximum absolute atomic E-state index is 11.7. The fraction of sp³-hybridized carbons (Fsp3) is 0.471. The molecule has 0 radical (unpaired) electrons. The van der Waals surface area contributed by atoms with Crippen molar-refractivity contribution in [2.75, 3.05) is 25.0 Å². The Morgan fingerprint density at radius 1 is 1.24 bits per heavy atom.